The van der Waals surface area contributed by atoms with Crippen LogP contribution >= 0.6 is 0 Å². The lowest BCUT2D eigenvalue weighted by molar-refractivity contribution is -0.149. The molecular weight excluding hydrogens is 444 g/mol. The van der Waals surface area contributed by atoms with E-state index in [9.17, 15) is 19.2 Å². The predicted molar refractivity (Wildman–Crippen MR) is 121 cm³/mol. The maximum Gasteiger partial charge on any atom is 0.516 e. The topological polar surface area (TPSA) is 129 Å². The standard InChI is InChI=1S/C24H28N2O8/c1-16(27)32-15-33-24(30)34-20-11-6-18(7-12-20)14-21(23(29)25-2)26-22(28)13-8-17-4-9-19(31-3)10-5-17/h4-7,9-12,21H,8,13-15H2,1-3H3,(H,25,29)(H,26,28). The van der Waals surface area contributed by atoms with E-state index in [1.54, 1.807) is 19.2 Å². The number of carbonyl (C=O) groups is 4. The zero-order chi connectivity index (χ0) is 24.9. The number of hydrogen-bond acceptors (Lipinski definition) is 8. The van der Waals surface area contributed by atoms with Crippen LogP contribution in [0.2, 0.25) is 0 Å². The van der Waals surface area contributed by atoms with Crippen molar-refractivity contribution in [3.8, 4) is 11.5 Å². The van der Waals surface area contributed by atoms with Crippen LogP contribution in [0.25, 0.3) is 0 Å². The Hall–Kier alpha value is -4.08. The van der Waals surface area contributed by atoms with E-state index in [2.05, 4.69) is 20.1 Å². The van der Waals surface area contributed by atoms with Gasteiger partial charge in [0.1, 0.15) is 17.5 Å². The molecule has 0 spiro atoms. The van der Waals surface area contributed by atoms with Crippen molar-refractivity contribution in [3.63, 3.8) is 0 Å². The maximum absolute atomic E-state index is 12.4. The number of benzene rings is 2. The summed E-state index contributed by atoms with van der Waals surface area (Å²) in [5, 5.41) is 5.32. The Labute approximate surface area is 197 Å². The number of nitrogens with one attached hydrogen (secondary N) is 2. The third-order valence-electron chi connectivity index (χ3n) is 4.70. The highest BCUT2D eigenvalue weighted by molar-refractivity contribution is 5.87. The third-order valence-corrected chi connectivity index (χ3v) is 4.70. The minimum absolute atomic E-state index is 0.205. The van der Waals surface area contributed by atoms with Crippen molar-refractivity contribution in [1.29, 1.82) is 0 Å². The van der Waals surface area contributed by atoms with Gasteiger partial charge in [0, 0.05) is 26.8 Å². The largest absolute Gasteiger partial charge is 0.516 e. The number of ether oxygens (including phenoxy) is 4. The fourth-order valence-electron chi connectivity index (χ4n) is 2.92. The molecule has 10 nitrogen and oxygen atoms in total. The minimum atomic E-state index is -1.03. The van der Waals surface area contributed by atoms with Crippen molar-refractivity contribution >= 4 is 23.9 Å². The van der Waals surface area contributed by atoms with E-state index in [1.165, 1.54) is 26.1 Å². The van der Waals surface area contributed by atoms with Crippen molar-refractivity contribution in [2.45, 2.75) is 32.2 Å². The number of aryl methyl sites for hydroxylation is 1. The molecule has 0 radical (unpaired) electrons. The van der Waals surface area contributed by atoms with Gasteiger partial charge in [-0.2, -0.15) is 0 Å². The fraction of sp³-hybridized carbons (Fsp3) is 0.333. The normalized spacial score (nSPS) is 11.0. The molecule has 2 aromatic rings. The van der Waals surface area contributed by atoms with Gasteiger partial charge in [-0.05, 0) is 41.8 Å². The van der Waals surface area contributed by atoms with Crippen molar-refractivity contribution < 1.29 is 38.1 Å². The van der Waals surface area contributed by atoms with E-state index in [0.717, 1.165) is 16.9 Å². The second-order valence-corrected chi connectivity index (χ2v) is 7.18. The monoisotopic (exact) mass is 472 g/mol. The van der Waals surface area contributed by atoms with Gasteiger partial charge < -0.3 is 29.6 Å². The zero-order valence-electron chi connectivity index (χ0n) is 19.3. The van der Waals surface area contributed by atoms with E-state index < -0.39 is 25.0 Å². The van der Waals surface area contributed by atoms with Gasteiger partial charge in [0.2, 0.25) is 18.6 Å². The van der Waals surface area contributed by atoms with Crippen LogP contribution in [0.4, 0.5) is 4.79 Å². The number of esters is 1. The molecule has 2 N–H and O–H groups in total. The highest BCUT2D eigenvalue weighted by Gasteiger charge is 2.20. The first-order valence-corrected chi connectivity index (χ1v) is 10.5. The summed E-state index contributed by atoms with van der Waals surface area (Å²) in [5.74, 6) is -0.220. The quantitative estimate of drug-likeness (QED) is 0.289. The average molecular weight is 472 g/mol. The molecule has 2 rings (SSSR count). The Morgan fingerprint density at radius 3 is 2.09 bits per heavy atom. The smallest absolute Gasteiger partial charge is 0.497 e. The molecule has 2 amide bonds. The van der Waals surface area contributed by atoms with Crippen LogP contribution in [-0.4, -0.2) is 50.9 Å². The summed E-state index contributed by atoms with van der Waals surface area (Å²) in [4.78, 5) is 47.0. The molecule has 0 bridgehead atoms. The molecule has 0 aliphatic heterocycles. The van der Waals surface area contributed by atoms with E-state index in [0.29, 0.717) is 6.42 Å². The summed E-state index contributed by atoms with van der Waals surface area (Å²) in [5.41, 5.74) is 1.72. The van der Waals surface area contributed by atoms with Gasteiger partial charge in [-0.25, -0.2) is 4.79 Å². The van der Waals surface area contributed by atoms with Crippen LogP contribution in [0.1, 0.15) is 24.5 Å². The Kier molecular flexibility index (Phi) is 10.4. The summed E-state index contributed by atoms with van der Waals surface area (Å²) in [7, 11) is 3.08. The van der Waals surface area contributed by atoms with Crippen molar-refractivity contribution in [3.05, 3.63) is 59.7 Å². The molecule has 34 heavy (non-hydrogen) atoms. The molecule has 0 fully saturated rings. The first-order chi connectivity index (χ1) is 16.3. The van der Waals surface area contributed by atoms with Gasteiger partial charge in [0.15, 0.2) is 0 Å². The van der Waals surface area contributed by atoms with Crippen LogP contribution in [0.15, 0.2) is 48.5 Å². The Balaban J connectivity index is 1.88. The number of methoxy groups -OCH3 is 1. The summed E-state index contributed by atoms with van der Waals surface area (Å²) in [6, 6.07) is 13.0. The predicted octanol–water partition coefficient (Wildman–Crippen LogP) is 2.14. The molecule has 0 aromatic heterocycles. The van der Waals surface area contributed by atoms with Crippen molar-refractivity contribution in [1.82, 2.24) is 10.6 Å². The number of amides is 2. The summed E-state index contributed by atoms with van der Waals surface area (Å²) >= 11 is 0. The van der Waals surface area contributed by atoms with Crippen LogP contribution in [0, 0.1) is 0 Å². The molecule has 2 aromatic carbocycles. The lowest BCUT2D eigenvalue weighted by Gasteiger charge is -2.18. The highest BCUT2D eigenvalue weighted by atomic mass is 16.8. The van der Waals surface area contributed by atoms with Gasteiger partial charge in [-0.1, -0.05) is 24.3 Å². The summed E-state index contributed by atoms with van der Waals surface area (Å²) < 4.78 is 19.2. The molecule has 0 aliphatic rings. The second-order valence-electron chi connectivity index (χ2n) is 7.18. The number of hydrogen-bond donors (Lipinski definition) is 2. The SMILES string of the molecule is CNC(=O)C(Cc1ccc(OC(=O)OCOC(C)=O)cc1)NC(=O)CCc1ccc(OC)cc1. The van der Waals surface area contributed by atoms with Gasteiger partial charge in [0.05, 0.1) is 7.11 Å². The molecule has 0 heterocycles. The first-order valence-electron chi connectivity index (χ1n) is 10.5. The van der Waals surface area contributed by atoms with Crippen molar-refractivity contribution in [2.24, 2.45) is 0 Å². The lowest BCUT2D eigenvalue weighted by atomic mass is 10.0. The number of carbonyl (C=O) groups excluding carboxylic acids is 4. The molecule has 0 aliphatic carbocycles. The number of rotatable bonds is 11. The Morgan fingerprint density at radius 1 is 0.882 bits per heavy atom. The van der Waals surface area contributed by atoms with Gasteiger partial charge >= 0.3 is 12.1 Å². The summed E-state index contributed by atoms with van der Waals surface area (Å²) in [6.07, 6.45) is -0.0374. The summed E-state index contributed by atoms with van der Waals surface area (Å²) in [6.45, 7) is 0.640. The van der Waals surface area contributed by atoms with E-state index in [-0.39, 0.29) is 30.4 Å². The minimum Gasteiger partial charge on any atom is -0.497 e. The third kappa shape index (κ3) is 9.19. The maximum atomic E-state index is 12.4. The van der Waals surface area contributed by atoms with Crippen LogP contribution < -0.4 is 20.1 Å². The molecule has 182 valence electrons. The molecule has 1 atom stereocenters. The van der Waals surface area contributed by atoms with Crippen molar-refractivity contribution in [2.75, 3.05) is 21.0 Å². The van der Waals surface area contributed by atoms with E-state index in [4.69, 9.17) is 9.47 Å². The van der Waals surface area contributed by atoms with E-state index >= 15 is 0 Å². The molecule has 0 saturated carbocycles. The highest BCUT2D eigenvalue weighted by Crippen LogP contribution is 2.15. The average Bonchev–Trinajstić information content (AvgIpc) is 2.83. The van der Waals surface area contributed by atoms with Crippen LogP contribution in [0.3, 0.4) is 0 Å². The van der Waals surface area contributed by atoms with Gasteiger partial charge in [-0.15, -0.1) is 0 Å². The van der Waals surface area contributed by atoms with Gasteiger partial charge in [-0.3, -0.25) is 14.4 Å². The first kappa shape index (κ1) is 26.2. The fourth-order valence-corrected chi connectivity index (χ4v) is 2.92. The van der Waals surface area contributed by atoms with E-state index in [1.807, 2.05) is 24.3 Å². The Morgan fingerprint density at radius 2 is 1.50 bits per heavy atom. The van der Waals surface area contributed by atoms with Gasteiger partial charge in [0.25, 0.3) is 0 Å². The van der Waals surface area contributed by atoms with Crippen LogP contribution in [0.5, 0.6) is 11.5 Å². The zero-order valence-corrected chi connectivity index (χ0v) is 19.3. The van der Waals surface area contributed by atoms with Crippen LogP contribution in [-0.2, 0) is 36.7 Å². The molecule has 0 saturated heterocycles. The lowest BCUT2D eigenvalue weighted by Crippen LogP contribution is -2.47. The molecule has 10 heteroatoms. The second kappa shape index (κ2) is 13.5. The molecule has 1 unspecified atom stereocenters. The molecular formula is C24H28N2O8. The Bertz CT molecular complexity index is 973. The number of likely N-dealkylation sites (N-methyl/N-ethyl adjacent to an activating group) is 1.